The van der Waals surface area contributed by atoms with Crippen LogP contribution in [-0.4, -0.2) is 30.1 Å². The number of methoxy groups -OCH3 is 2. The first-order valence-corrected chi connectivity index (χ1v) is 10.3. The monoisotopic (exact) mass is 439 g/mol. The Kier molecular flexibility index (Phi) is 5.83. The van der Waals surface area contributed by atoms with Crippen molar-refractivity contribution in [1.82, 2.24) is 9.97 Å². The van der Waals surface area contributed by atoms with Crippen LogP contribution in [-0.2, 0) is 6.54 Å². The smallest absolute Gasteiger partial charge is 0.261 e. The normalized spacial score (nSPS) is 10.8. The van der Waals surface area contributed by atoms with E-state index in [1.165, 1.54) is 11.3 Å². The summed E-state index contributed by atoms with van der Waals surface area (Å²) in [5.41, 5.74) is 2.01. The summed E-state index contributed by atoms with van der Waals surface area (Å²) in [7, 11) is 3.16. The lowest BCUT2D eigenvalue weighted by Crippen LogP contribution is -2.30. The SMILES string of the molecule is COc1cc2nc(N(Cc3cccnc3)C(=O)c3ccccc3Cl)sc2cc1OC. The highest BCUT2D eigenvalue weighted by Crippen LogP contribution is 2.38. The maximum Gasteiger partial charge on any atom is 0.261 e. The molecule has 0 aliphatic heterocycles. The van der Waals surface area contributed by atoms with Gasteiger partial charge < -0.3 is 9.47 Å². The van der Waals surface area contributed by atoms with Crippen molar-refractivity contribution in [3.63, 3.8) is 0 Å². The number of fused-ring (bicyclic) bond motifs is 1. The summed E-state index contributed by atoms with van der Waals surface area (Å²) in [5, 5.41) is 0.942. The number of hydrogen-bond acceptors (Lipinski definition) is 6. The third kappa shape index (κ3) is 3.94. The van der Waals surface area contributed by atoms with E-state index in [4.69, 9.17) is 26.1 Å². The van der Waals surface area contributed by atoms with Crippen molar-refractivity contribution in [3.8, 4) is 11.5 Å². The zero-order valence-corrected chi connectivity index (χ0v) is 17.9. The number of amides is 1. The quantitative estimate of drug-likeness (QED) is 0.412. The van der Waals surface area contributed by atoms with Gasteiger partial charge in [0.05, 0.1) is 41.6 Å². The molecule has 30 heavy (non-hydrogen) atoms. The summed E-state index contributed by atoms with van der Waals surface area (Å²) in [6.45, 7) is 0.311. The average molecular weight is 440 g/mol. The molecule has 0 radical (unpaired) electrons. The standard InChI is InChI=1S/C22H18ClN3O3S/c1-28-18-10-17-20(11-19(18)29-2)30-22(25-17)26(13-14-6-5-9-24-12-14)21(27)15-7-3-4-8-16(15)23/h3-12H,13H2,1-2H3. The molecule has 0 spiro atoms. The molecule has 0 saturated carbocycles. The lowest BCUT2D eigenvalue weighted by Gasteiger charge is -2.20. The van der Waals surface area contributed by atoms with Gasteiger partial charge in [0.15, 0.2) is 16.6 Å². The number of rotatable bonds is 6. The summed E-state index contributed by atoms with van der Waals surface area (Å²) < 4.78 is 11.6. The number of carbonyl (C=O) groups excluding carboxylic acids is 1. The molecule has 0 atom stereocenters. The molecule has 152 valence electrons. The molecule has 0 saturated heterocycles. The van der Waals surface area contributed by atoms with E-state index in [9.17, 15) is 4.79 Å². The molecule has 2 aromatic carbocycles. The minimum absolute atomic E-state index is 0.234. The number of benzene rings is 2. The number of halogens is 1. The Balaban J connectivity index is 1.81. The van der Waals surface area contributed by atoms with Gasteiger partial charge >= 0.3 is 0 Å². The highest BCUT2D eigenvalue weighted by atomic mass is 35.5. The molecular formula is C22H18ClN3O3S. The fourth-order valence-corrected chi connectivity index (χ4v) is 4.23. The maximum absolute atomic E-state index is 13.4. The molecule has 6 nitrogen and oxygen atoms in total. The van der Waals surface area contributed by atoms with Crippen molar-refractivity contribution >= 4 is 44.2 Å². The summed E-state index contributed by atoms with van der Waals surface area (Å²) in [6.07, 6.45) is 3.42. The number of anilines is 1. The van der Waals surface area contributed by atoms with E-state index in [0.717, 1.165) is 15.8 Å². The average Bonchev–Trinajstić information content (AvgIpc) is 3.19. The van der Waals surface area contributed by atoms with E-state index in [0.29, 0.717) is 33.8 Å². The van der Waals surface area contributed by atoms with E-state index < -0.39 is 0 Å². The molecule has 2 aromatic heterocycles. The summed E-state index contributed by atoms with van der Waals surface area (Å²) >= 11 is 7.70. The van der Waals surface area contributed by atoms with Gasteiger partial charge in [-0.15, -0.1) is 0 Å². The van der Waals surface area contributed by atoms with Crippen molar-refractivity contribution < 1.29 is 14.3 Å². The van der Waals surface area contributed by atoms with Crippen LogP contribution < -0.4 is 14.4 Å². The van der Waals surface area contributed by atoms with Gasteiger partial charge in [0.2, 0.25) is 0 Å². The second-order valence-corrected chi connectivity index (χ2v) is 7.82. The third-order valence-corrected chi connectivity index (χ3v) is 5.90. The fraction of sp³-hybridized carbons (Fsp3) is 0.136. The molecule has 0 bridgehead atoms. The molecule has 4 aromatic rings. The predicted octanol–water partition coefficient (Wildman–Crippen LogP) is 5.21. The minimum atomic E-state index is -0.234. The first kappa shape index (κ1) is 20.1. The van der Waals surface area contributed by atoms with Crippen LogP contribution in [0.1, 0.15) is 15.9 Å². The van der Waals surface area contributed by atoms with Crippen LogP contribution in [0.25, 0.3) is 10.2 Å². The van der Waals surface area contributed by atoms with Gasteiger partial charge in [0.1, 0.15) is 0 Å². The Morgan fingerprint density at radius 2 is 1.87 bits per heavy atom. The zero-order chi connectivity index (χ0) is 21.1. The van der Waals surface area contributed by atoms with E-state index in [-0.39, 0.29) is 5.91 Å². The Labute approximate surface area is 182 Å². The van der Waals surface area contributed by atoms with Gasteiger partial charge in [-0.1, -0.05) is 41.1 Å². The molecule has 0 aliphatic rings. The predicted molar refractivity (Wildman–Crippen MR) is 119 cm³/mol. The van der Waals surface area contributed by atoms with Gasteiger partial charge in [-0.3, -0.25) is 14.7 Å². The molecule has 0 fully saturated rings. The van der Waals surface area contributed by atoms with Crippen LogP contribution in [0, 0.1) is 0 Å². The van der Waals surface area contributed by atoms with Gasteiger partial charge in [-0.05, 0) is 23.8 Å². The van der Waals surface area contributed by atoms with Crippen molar-refractivity contribution in [2.75, 3.05) is 19.1 Å². The van der Waals surface area contributed by atoms with Crippen LogP contribution in [0.2, 0.25) is 5.02 Å². The Hall–Kier alpha value is -3.16. The molecule has 0 unspecified atom stereocenters. The Morgan fingerprint density at radius 1 is 1.10 bits per heavy atom. The van der Waals surface area contributed by atoms with E-state index >= 15 is 0 Å². The number of pyridine rings is 1. The largest absolute Gasteiger partial charge is 0.493 e. The van der Waals surface area contributed by atoms with Crippen molar-refractivity contribution in [2.45, 2.75) is 6.54 Å². The summed E-state index contributed by atoms with van der Waals surface area (Å²) in [6, 6.07) is 14.4. The number of nitrogens with zero attached hydrogens (tertiary/aromatic N) is 3. The zero-order valence-electron chi connectivity index (χ0n) is 16.3. The van der Waals surface area contributed by atoms with E-state index in [1.54, 1.807) is 61.8 Å². The third-order valence-electron chi connectivity index (χ3n) is 4.53. The Morgan fingerprint density at radius 3 is 2.57 bits per heavy atom. The van der Waals surface area contributed by atoms with Crippen LogP contribution >= 0.6 is 22.9 Å². The molecule has 2 heterocycles. The fourth-order valence-electron chi connectivity index (χ4n) is 3.04. The van der Waals surface area contributed by atoms with Gasteiger partial charge in [-0.2, -0.15) is 0 Å². The molecule has 8 heteroatoms. The maximum atomic E-state index is 13.4. The first-order valence-electron chi connectivity index (χ1n) is 9.08. The van der Waals surface area contributed by atoms with E-state index in [2.05, 4.69) is 4.98 Å². The molecular weight excluding hydrogens is 422 g/mol. The second kappa shape index (κ2) is 8.69. The number of hydrogen-bond donors (Lipinski definition) is 0. The van der Waals surface area contributed by atoms with Crippen LogP contribution in [0.5, 0.6) is 11.5 Å². The lowest BCUT2D eigenvalue weighted by molar-refractivity contribution is 0.0985. The van der Waals surface area contributed by atoms with Crippen molar-refractivity contribution in [1.29, 1.82) is 0 Å². The van der Waals surface area contributed by atoms with Crippen LogP contribution in [0.15, 0.2) is 60.9 Å². The molecule has 4 rings (SSSR count). The second-order valence-electron chi connectivity index (χ2n) is 6.40. The van der Waals surface area contributed by atoms with Crippen LogP contribution in [0.4, 0.5) is 5.13 Å². The van der Waals surface area contributed by atoms with Crippen molar-refractivity contribution in [3.05, 3.63) is 77.1 Å². The van der Waals surface area contributed by atoms with E-state index in [1.807, 2.05) is 18.2 Å². The lowest BCUT2D eigenvalue weighted by atomic mass is 10.2. The van der Waals surface area contributed by atoms with Gasteiger partial charge in [0, 0.05) is 24.5 Å². The molecule has 0 aliphatic carbocycles. The number of aromatic nitrogens is 2. The number of thiazole rings is 1. The minimum Gasteiger partial charge on any atom is -0.493 e. The summed E-state index contributed by atoms with van der Waals surface area (Å²) in [5.74, 6) is 0.956. The Bertz CT molecular complexity index is 1160. The topological polar surface area (TPSA) is 64.5 Å². The number of ether oxygens (including phenoxy) is 2. The molecule has 0 N–H and O–H groups in total. The highest BCUT2D eigenvalue weighted by molar-refractivity contribution is 7.22. The van der Waals surface area contributed by atoms with Gasteiger partial charge in [-0.25, -0.2) is 4.98 Å². The summed E-state index contributed by atoms with van der Waals surface area (Å²) in [4.78, 5) is 23.9. The highest BCUT2D eigenvalue weighted by Gasteiger charge is 2.24. The van der Waals surface area contributed by atoms with Crippen LogP contribution in [0.3, 0.4) is 0 Å². The first-order chi connectivity index (χ1) is 14.6. The van der Waals surface area contributed by atoms with Gasteiger partial charge in [0.25, 0.3) is 5.91 Å². The number of carbonyl (C=O) groups is 1. The molecule has 1 amide bonds. The van der Waals surface area contributed by atoms with Crippen molar-refractivity contribution in [2.24, 2.45) is 0 Å².